The minimum absolute atomic E-state index is 0.00145. The van der Waals surface area contributed by atoms with Crippen molar-refractivity contribution in [3.05, 3.63) is 96.6 Å². The molecule has 2 nitrogen and oxygen atoms in total. The highest BCUT2D eigenvalue weighted by Crippen LogP contribution is 2.42. The first-order valence-corrected chi connectivity index (χ1v) is 13.9. The van der Waals surface area contributed by atoms with Crippen LogP contribution in [0.3, 0.4) is 0 Å². The fraction of sp³-hybridized carbons (Fsp3) is 0.400. The van der Waals surface area contributed by atoms with Gasteiger partial charge >= 0.3 is 0 Å². The fourth-order valence-corrected chi connectivity index (χ4v) is 9.96. The molecule has 33 heavy (non-hydrogen) atoms. The third-order valence-corrected chi connectivity index (χ3v) is 12.2. The number of rotatable bonds is 8. The van der Waals surface area contributed by atoms with Gasteiger partial charge in [-0.25, -0.2) is 0 Å². The molecule has 0 aromatic heterocycles. The van der Waals surface area contributed by atoms with Gasteiger partial charge < -0.3 is 9.53 Å². The van der Waals surface area contributed by atoms with Crippen molar-refractivity contribution in [2.24, 2.45) is 5.92 Å². The summed E-state index contributed by atoms with van der Waals surface area (Å²) in [6.07, 6.45) is 4.50. The molecule has 2 aromatic carbocycles. The van der Waals surface area contributed by atoms with Crippen molar-refractivity contribution >= 4 is 18.7 Å². The molecule has 0 fully saturated rings. The second-order valence-corrected chi connectivity index (χ2v) is 14.9. The first-order valence-electron chi connectivity index (χ1n) is 12.0. The molecule has 1 N–H and O–H groups in total. The summed E-state index contributed by atoms with van der Waals surface area (Å²) < 4.78 is 7.02. The Hall–Kier alpha value is -2.20. The lowest BCUT2D eigenvalue weighted by atomic mass is 9.70. The van der Waals surface area contributed by atoms with E-state index < -0.39 is 13.9 Å². The van der Waals surface area contributed by atoms with E-state index in [0.29, 0.717) is 13.0 Å². The van der Waals surface area contributed by atoms with Crippen LogP contribution in [0, 0.1) is 5.92 Å². The summed E-state index contributed by atoms with van der Waals surface area (Å²) in [6.45, 7) is 20.0. The summed E-state index contributed by atoms with van der Waals surface area (Å²) >= 11 is 0. The molecule has 2 aromatic rings. The number of hydrogen-bond donors (Lipinski definition) is 1. The monoisotopic (exact) mass is 460 g/mol. The van der Waals surface area contributed by atoms with E-state index >= 15 is 0 Å². The SMILES string of the molecule is C=C(C)[C@@H]1CCC(C)=C[C@@]1(O)C(=C)CCO[Si](c1ccccc1)(c1ccccc1)C(C)(C)C. The lowest BCUT2D eigenvalue weighted by Gasteiger charge is -2.44. The lowest BCUT2D eigenvalue weighted by Crippen LogP contribution is -2.66. The van der Waals surface area contributed by atoms with E-state index in [4.69, 9.17) is 4.43 Å². The number of allylic oxidation sites excluding steroid dienone is 1. The number of benzene rings is 2. The Balaban J connectivity index is 1.93. The summed E-state index contributed by atoms with van der Waals surface area (Å²) in [4.78, 5) is 0. The predicted molar refractivity (Wildman–Crippen MR) is 144 cm³/mol. The zero-order chi connectivity index (χ0) is 24.3. The van der Waals surface area contributed by atoms with E-state index in [1.807, 2.05) is 13.0 Å². The van der Waals surface area contributed by atoms with Gasteiger partial charge in [0.1, 0.15) is 5.60 Å². The minimum atomic E-state index is -2.60. The second kappa shape index (κ2) is 9.96. The van der Waals surface area contributed by atoms with Crippen LogP contribution in [-0.2, 0) is 4.43 Å². The topological polar surface area (TPSA) is 29.5 Å². The smallest absolute Gasteiger partial charge is 0.261 e. The van der Waals surface area contributed by atoms with Crippen LogP contribution in [0.4, 0.5) is 0 Å². The number of aliphatic hydroxyl groups is 1. The van der Waals surface area contributed by atoms with Crippen LogP contribution < -0.4 is 10.4 Å². The molecule has 1 aliphatic carbocycles. The van der Waals surface area contributed by atoms with E-state index in [1.54, 1.807) is 0 Å². The van der Waals surface area contributed by atoms with Gasteiger partial charge in [0, 0.05) is 12.5 Å². The van der Waals surface area contributed by atoms with Gasteiger partial charge in [0.25, 0.3) is 8.32 Å². The molecule has 0 aliphatic heterocycles. The molecule has 0 bridgehead atoms. The summed E-state index contributed by atoms with van der Waals surface area (Å²) in [7, 11) is -2.60. The molecule has 0 unspecified atom stereocenters. The van der Waals surface area contributed by atoms with Gasteiger partial charge in [-0.2, -0.15) is 0 Å². The van der Waals surface area contributed by atoms with Crippen LogP contribution in [0.5, 0.6) is 0 Å². The molecule has 0 saturated heterocycles. The molecule has 0 heterocycles. The van der Waals surface area contributed by atoms with E-state index in [-0.39, 0.29) is 11.0 Å². The van der Waals surface area contributed by atoms with Crippen molar-refractivity contribution < 1.29 is 9.53 Å². The van der Waals surface area contributed by atoms with E-state index in [0.717, 1.165) is 24.0 Å². The largest absolute Gasteiger partial charge is 0.407 e. The lowest BCUT2D eigenvalue weighted by molar-refractivity contribution is 0.0633. The number of hydrogen-bond acceptors (Lipinski definition) is 2. The highest BCUT2D eigenvalue weighted by atomic mass is 28.4. The summed E-state index contributed by atoms with van der Waals surface area (Å²) in [6, 6.07) is 21.3. The first-order chi connectivity index (χ1) is 15.5. The molecule has 0 saturated carbocycles. The van der Waals surface area contributed by atoms with Crippen molar-refractivity contribution in [1.82, 2.24) is 0 Å². The van der Waals surface area contributed by atoms with Gasteiger partial charge in [-0.05, 0) is 60.2 Å². The average molecular weight is 461 g/mol. The van der Waals surface area contributed by atoms with Crippen molar-refractivity contribution in [3.63, 3.8) is 0 Å². The van der Waals surface area contributed by atoms with Gasteiger partial charge in [0.05, 0.1) is 0 Å². The van der Waals surface area contributed by atoms with Crippen LogP contribution in [0.25, 0.3) is 0 Å². The van der Waals surface area contributed by atoms with Crippen LogP contribution in [0.15, 0.2) is 96.6 Å². The summed E-state index contributed by atoms with van der Waals surface area (Å²) in [5, 5.41) is 14.1. The van der Waals surface area contributed by atoms with Gasteiger partial charge in [0.15, 0.2) is 0 Å². The molecule has 3 rings (SSSR count). The van der Waals surface area contributed by atoms with Crippen LogP contribution in [-0.4, -0.2) is 25.6 Å². The van der Waals surface area contributed by atoms with Gasteiger partial charge in [0.2, 0.25) is 0 Å². The van der Waals surface area contributed by atoms with Gasteiger partial charge in [-0.15, -0.1) is 0 Å². The Labute approximate surface area is 201 Å². The minimum Gasteiger partial charge on any atom is -0.407 e. The molecular weight excluding hydrogens is 420 g/mol. The summed E-state index contributed by atoms with van der Waals surface area (Å²) in [5.41, 5.74) is 1.98. The van der Waals surface area contributed by atoms with E-state index in [9.17, 15) is 5.11 Å². The van der Waals surface area contributed by atoms with E-state index in [2.05, 4.69) is 102 Å². The van der Waals surface area contributed by atoms with Crippen molar-refractivity contribution in [1.29, 1.82) is 0 Å². The zero-order valence-corrected chi connectivity index (χ0v) is 22.0. The molecule has 0 spiro atoms. The third-order valence-electron chi connectivity index (χ3n) is 7.13. The molecule has 1 aliphatic rings. The van der Waals surface area contributed by atoms with Gasteiger partial charge in [-0.3, -0.25) is 0 Å². The summed E-state index contributed by atoms with van der Waals surface area (Å²) in [5.74, 6) is 0.00145. The van der Waals surface area contributed by atoms with Crippen LogP contribution in [0.2, 0.25) is 5.04 Å². The predicted octanol–water partition coefficient (Wildman–Crippen LogP) is 6.17. The molecule has 3 heteroatoms. The van der Waals surface area contributed by atoms with Crippen molar-refractivity contribution in [2.75, 3.05) is 6.61 Å². The maximum atomic E-state index is 11.7. The van der Waals surface area contributed by atoms with Gasteiger partial charge in [-0.1, -0.05) is 106 Å². The standard InChI is InChI=1S/C30H40O2Si/c1-23(2)28-19-18-24(3)22-30(28,31)25(4)20-21-32-33(29(5,6)7,26-14-10-8-11-15-26)27-16-12-9-13-17-27/h8-17,22,28,31H,1,4,18-21H2,2-3,5-7H3/t28-,30+/m0/s1. The van der Waals surface area contributed by atoms with Crippen LogP contribution in [0.1, 0.15) is 53.9 Å². The average Bonchev–Trinajstić information content (AvgIpc) is 2.76. The molecule has 2 atom stereocenters. The van der Waals surface area contributed by atoms with E-state index in [1.165, 1.54) is 15.9 Å². The normalized spacial score (nSPS) is 21.4. The van der Waals surface area contributed by atoms with Crippen molar-refractivity contribution in [3.8, 4) is 0 Å². The maximum absolute atomic E-state index is 11.7. The first kappa shape index (κ1) is 25.4. The highest BCUT2D eigenvalue weighted by molar-refractivity contribution is 6.99. The van der Waals surface area contributed by atoms with Crippen molar-refractivity contribution in [2.45, 2.75) is 64.5 Å². The zero-order valence-electron chi connectivity index (χ0n) is 21.0. The Morgan fingerprint density at radius 3 is 2.00 bits per heavy atom. The quantitative estimate of drug-likeness (QED) is 0.377. The van der Waals surface area contributed by atoms with Crippen LogP contribution >= 0.6 is 0 Å². The fourth-order valence-electron chi connectivity index (χ4n) is 5.40. The Kier molecular flexibility index (Phi) is 7.68. The Morgan fingerprint density at radius 1 is 1.03 bits per heavy atom. The third kappa shape index (κ3) is 5.01. The maximum Gasteiger partial charge on any atom is 0.261 e. The molecule has 0 amide bonds. The highest BCUT2D eigenvalue weighted by Gasteiger charge is 2.50. The molecule has 176 valence electrons. The second-order valence-electron chi connectivity index (χ2n) is 10.6. The molecular formula is C30H40O2Si. The molecule has 0 radical (unpaired) electrons. The Morgan fingerprint density at radius 2 is 1.55 bits per heavy atom. The Bertz CT molecular complexity index is 961.